The van der Waals surface area contributed by atoms with E-state index >= 15 is 0 Å². The lowest BCUT2D eigenvalue weighted by Gasteiger charge is -1.97. The van der Waals surface area contributed by atoms with Crippen molar-refractivity contribution in [2.75, 3.05) is 0 Å². The molecule has 1 nitrogen and oxygen atoms in total. The molecular weight excluding hydrogens is 135 g/mol. The highest BCUT2D eigenvalue weighted by Gasteiger charge is 1.95. The highest BCUT2D eigenvalue weighted by molar-refractivity contribution is 6.32. The average molecular weight is 146 g/mol. The van der Waals surface area contributed by atoms with Crippen LogP contribution in [0, 0.1) is 0 Å². The van der Waals surface area contributed by atoms with Gasteiger partial charge in [0.05, 0.1) is 0 Å². The summed E-state index contributed by atoms with van der Waals surface area (Å²) in [6, 6.07) is 8.05. The third kappa shape index (κ3) is 2.58. The van der Waals surface area contributed by atoms with Gasteiger partial charge in [-0.15, -0.1) is 0 Å². The van der Waals surface area contributed by atoms with Crippen LogP contribution >= 0.6 is 0 Å². The van der Waals surface area contributed by atoms with Crippen LogP contribution < -0.4 is 5.46 Å². The molecule has 1 rings (SSSR count). The van der Waals surface area contributed by atoms with Crippen LogP contribution in [0.2, 0.25) is 0 Å². The van der Waals surface area contributed by atoms with Crippen molar-refractivity contribution in [2.45, 2.75) is 13.3 Å². The first-order valence-corrected chi connectivity index (χ1v) is 3.73. The Bertz CT molecular complexity index is 251. The van der Waals surface area contributed by atoms with E-state index in [9.17, 15) is 4.79 Å². The van der Waals surface area contributed by atoms with Crippen LogP contribution in [0.25, 0.3) is 0 Å². The van der Waals surface area contributed by atoms with Gasteiger partial charge in [-0.3, -0.25) is 4.79 Å². The molecule has 0 fully saturated rings. The van der Waals surface area contributed by atoms with Gasteiger partial charge in [-0.25, -0.2) is 0 Å². The molecule has 11 heavy (non-hydrogen) atoms. The van der Waals surface area contributed by atoms with Gasteiger partial charge in [0.15, 0.2) is 0 Å². The van der Waals surface area contributed by atoms with Crippen LogP contribution in [0.3, 0.4) is 0 Å². The predicted octanol–water partition coefficient (Wildman–Crippen LogP) is 0.0765. The predicted molar refractivity (Wildman–Crippen MR) is 49.0 cm³/mol. The summed E-state index contributed by atoms with van der Waals surface area (Å²) in [5, 5.41) is 0. The van der Waals surface area contributed by atoms with Crippen molar-refractivity contribution >= 4 is 19.1 Å². The number of carbonyl (C=O) groups is 1. The zero-order valence-electron chi connectivity index (χ0n) is 6.92. The second kappa shape index (κ2) is 3.38. The summed E-state index contributed by atoms with van der Waals surface area (Å²) in [4.78, 5) is 10.7. The number of rotatable bonds is 2. The molecule has 0 saturated carbocycles. The van der Waals surface area contributed by atoms with Crippen LogP contribution in [0.1, 0.15) is 12.5 Å². The van der Waals surface area contributed by atoms with E-state index in [0.29, 0.717) is 6.42 Å². The molecule has 0 heterocycles. The Kier molecular flexibility index (Phi) is 2.47. The lowest BCUT2D eigenvalue weighted by Crippen LogP contribution is -2.02. The van der Waals surface area contributed by atoms with Gasteiger partial charge >= 0.3 is 0 Å². The van der Waals surface area contributed by atoms with E-state index < -0.39 is 0 Å². The van der Waals surface area contributed by atoms with Gasteiger partial charge in [-0.1, -0.05) is 29.7 Å². The molecule has 0 saturated heterocycles. The summed E-state index contributed by atoms with van der Waals surface area (Å²) in [5.41, 5.74) is 2.33. The first-order valence-electron chi connectivity index (χ1n) is 3.73. The third-order valence-corrected chi connectivity index (χ3v) is 1.57. The quantitative estimate of drug-likeness (QED) is 0.540. The van der Waals surface area contributed by atoms with E-state index in [4.69, 9.17) is 0 Å². The Labute approximate surface area is 67.8 Å². The lowest BCUT2D eigenvalue weighted by molar-refractivity contribution is -0.116. The number of carbonyl (C=O) groups excluding carboxylic acids is 1. The normalized spacial score (nSPS) is 9.55. The molecule has 0 aliphatic rings. The fraction of sp³-hybridized carbons (Fsp3) is 0.222. The smallest absolute Gasteiger partial charge is 0.139 e. The van der Waals surface area contributed by atoms with Crippen molar-refractivity contribution in [1.82, 2.24) is 0 Å². The third-order valence-electron chi connectivity index (χ3n) is 1.57. The topological polar surface area (TPSA) is 17.1 Å². The minimum atomic E-state index is 0.217. The van der Waals surface area contributed by atoms with Crippen LogP contribution in [0.5, 0.6) is 0 Å². The molecule has 1 aromatic rings. The minimum Gasteiger partial charge on any atom is -0.300 e. The number of ketones is 1. The summed E-state index contributed by atoms with van der Waals surface area (Å²) in [6.45, 7) is 1.61. The molecular formula is C9H11BO. The summed E-state index contributed by atoms with van der Waals surface area (Å²) in [6.07, 6.45) is 0.556. The van der Waals surface area contributed by atoms with E-state index in [2.05, 4.69) is 0 Å². The molecule has 0 aromatic heterocycles. The number of hydrogen-bond acceptors (Lipinski definition) is 1. The van der Waals surface area contributed by atoms with Crippen molar-refractivity contribution in [3.63, 3.8) is 0 Å². The molecule has 0 unspecified atom stereocenters. The molecule has 0 aliphatic carbocycles. The maximum Gasteiger partial charge on any atom is 0.139 e. The highest BCUT2D eigenvalue weighted by atomic mass is 16.1. The second-order valence-electron chi connectivity index (χ2n) is 2.86. The SMILES string of the molecule is Bc1ccc(CC(C)=O)cc1. The van der Waals surface area contributed by atoms with Gasteiger partial charge in [-0.2, -0.15) is 0 Å². The highest BCUT2D eigenvalue weighted by Crippen LogP contribution is 1.97. The molecule has 0 amide bonds. The molecule has 0 spiro atoms. The van der Waals surface area contributed by atoms with E-state index in [0.717, 1.165) is 5.56 Å². The maximum absolute atomic E-state index is 10.7. The van der Waals surface area contributed by atoms with Gasteiger partial charge in [0.25, 0.3) is 0 Å². The van der Waals surface area contributed by atoms with E-state index in [1.807, 2.05) is 32.1 Å². The van der Waals surface area contributed by atoms with Crippen LogP contribution in [0.15, 0.2) is 24.3 Å². The molecule has 0 bridgehead atoms. The van der Waals surface area contributed by atoms with Crippen molar-refractivity contribution < 1.29 is 4.79 Å². The van der Waals surface area contributed by atoms with Crippen molar-refractivity contribution in [2.24, 2.45) is 0 Å². The Morgan fingerprint density at radius 1 is 1.36 bits per heavy atom. The Hall–Kier alpha value is -1.05. The standard InChI is InChI=1S/C9H11BO/c1-7(11)6-8-2-4-9(10)5-3-8/h2-5H,6,10H2,1H3. The van der Waals surface area contributed by atoms with Gasteiger partial charge in [0.2, 0.25) is 0 Å². The van der Waals surface area contributed by atoms with Gasteiger partial charge < -0.3 is 0 Å². The fourth-order valence-corrected chi connectivity index (χ4v) is 0.993. The van der Waals surface area contributed by atoms with E-state index in [1.54, 1.807) is 6.92 Å². The Balaban J connectivity index is 2.74. The van der Waals surface area contributed by atoms with Crippen molar-refractivity contribution in [3.05, 3.63) is 29.8 Å². The Morgan fingerprint density at radius 3 is 2.36 bits per heavy atom. The first kappa shape index (κ1) is 8.06. The summed E-state index contributed by atoms with van der Waals surface area (Å²) < 4.78 is 0. The van der Waals surface area contributed by atoms with E-state index in [1.165, 1.54) is 5.46 Å². The monoisotopic (exact) mass is 146 g/mol. The second-order valence-corrected chi connectivity index (χ2v) is 2.86. The Morgan fingerprint density at radius 2 is 1.91 bits per heavy atom. The summed E-state index contributed by atoms with van der Waals surface area (Å²) in [5.74, 6) is 0.217. The zero-order chi connectivity index (χ0) is 8.27. The summed E-state index contributed by atoms with van der Waals surface area (Å²) >= 11 is 0. The molecule has 1 aromatic carbocycles. The lowest BCUT2D eigenvalue weighted by atomic mass is 9.94. The molecule has 0 N–H and O–H groups in total. The van der Waals surface area contributed by atoms with Gasteiger partial charge in [-0.05, 0) is 12.5 Å². The zero-order valence-corrected chi connectivity index (χ0v) is 6.92. The molecule has 0 atom stereocenters. The number of hydrogen-bond donors (Lipinski definition) is 0. The minimum absolute atomic E-state index is 0.217. The van der Waals surface area contributed by atoms with Crippen LogP contribution in [-0.2, 0) is 11.2 Å². The average Bonchev–Trinajstić information content (AvgIpc) is 1.93. The largest absolute Gasteiger partial charge is 0.300 e. The van der Waals surface area contributed by atoms with Crippen molar-refractivity contribution in [3.8, 4) is 0 Å². The van der Waals surface area contributed by atoms with E-state index in [-0.39, 0.29) is 5.78 Å². The first-order chi connectivity index (χ1) is 5.18. The van der Waals surface area contributed by atoms with Gasteiger partial charge in [0, 0.05) is 6.42 Å². The van der Waals surface area contributed by atoms with Gasteiger partial charge in [0.1, 0.15) is 13.6 Å². The number of Topliss-reactive ketones (excluding diaryl/α,β-unsaturated/α-hetero) is 1. The van der Waals surface area contributed by atoms with Crippen LogP contribution in [-0.4, -0.2) is 13.6 Å². The molecule has 0 radical (unpaired) electrons. The summed E-state index contributed by atoms with van der Waals surface area (Å²) in [7, 11) is 2.04. The van der Waals surface area contributed by atoms with Crippen LogP contribution in [0.4, 0.5) is 0 Å². The molecule has 2 heteroatoms. The van der Waals surface area contributed by atoms with Crippen molar-refractivity contribution in [1.29, 1.82) is 0 Å². The fourth-order valence-electron chi connectivity index (χ4n) is 0.993. The molecule has 56 valence electrons. The number of benzene rings is 1. The molecule has 0 aliphatic heterocycles. The maximum atomic E-state index is 10.7.